The van der Waals surface area contributed by atoms with E-state index in [4.69, 9.17) is 4.74 Å². The third-order valence-electron chi connectivity index (χ3n) is 3.53. The monoisotopic (exact) mass is 184 g/mol. The molecule has 2 rings (SSSR count). The highest BCUT2D eigenvalue weighted by molar-refractivity contribution is 4.78. The van der Waals surface area contributed by atoms with Gasteiger partial charge in [-0.2, -0.15) is 0 Å². The molecule has 1 saturated heterocycles. The number of aliphatic hydroxyl groups excluding tert-OH is 1. The van der Waals surface area contributed by atoms with Crippen molar-refractivity contribution in [3.63, 3.8) is 0 Å². The molecule has 2 nitrogen and oxygen atoms in total. The summed E-state index contributed by atoms with van der Waals surface area (Å²) in [7, 11) is 0. The molecule has 13 heavy (non-hydrogen) atoms. The third-order valence-corrected chi connectivity index (χ3v) is 3.53. The summed E-state index contributed by atoms with van der Waals surface area (Å²) in [5.41, 5.74) is 0. The second kappa shape index (κ2) is 4.43. The zero-order valence-electron chi connectivity index (χ0n) is 8.24. The molecule has 2 unspecified atom stereocenters. The van der Waals surface area contributed by atoms with Crippen molar-refractivity contribution in [3.05, 3.63) is 0 Å². The second-order valence-corrected chi connectivity index (χ2v) is 4.60. The molecule has 0 spiro atoms. The minimum Gasteiger partial charge on any atom is -0.390 e. The van der Waals surface area contributed by atoms with E-state index in [2.05, 4.69) is 0 Å². The van der Waals surface area contributed by atoms with Crippen molar-refractivity contribution in [2.24, 2.45) is 11.8 Å². The molecule has 0 aromatic heterocycles. The van der Waals surface area contributed by atoms with Crippen molar-refractivity contribution in [3.8, 4) is 0 Å². The van der Waals surface area contributed by atoms with E-state index in [0.717, 1.165) is 12.5 Å². The maximum absolute atomic E-state index is 9.59. The van der Waals surface area contributed by atoms with E-state index in [-0.39, 0.29) is 6.10 Å². The SMILES string of the molecule is OC1COCC1CC1CCCCC1. The highest BCUT2D eigenvalue weighted by Crippen LogP contribution is 2.31. The Morgan fingerprint density at radius 3 is 2.46 bits per heavy atom. The van der Waals surface area contributed by atoms with Crippen LogP contribution in [0.5, 0.6) is 0 Å². The second-order valence-electron chi connectivity index (χ2n) is 4.60. The average molecular weight is 184 g/mol. The van der Waals surface area contributed by atoms with Gasteiger partial charge in [0.25, 0.3) is 0 Å². The summed E-state index contributed by atoms with van der Waals surface area (Å²) < 4.78 is 5.26. The van der Waals surface area contributed by atoms with Crippen LogP contribution in [0.2, 0.25) is 0 Å². The van der Waals surface area contributed by atoms with E-state index in [1.807, 2.05) is 0 Å². The van der Waals surface area contributed by atoms with Gasteiger partial charge in [-0.3, -0.25) is 0 Å². The predicted octanol–water partition coefficient (Wildman–Crippen LogP) is 1.96. The lowest BCUT2D eigenvalue weighted by Crippen LogP contribution is -2.22. The van der Waals surface area contributed by atoms with Crippen LogP contribution in [0.1, 0.15) is 38.5 Å². The highest BCUT2D eigenvalue weighted by Gasteiger charge is 2.29. The summed E-state index contributed by atoms with van der Waals surface area (Å²) in [4.78, 5) is 0. The van der Waals surface area contributed by atoms with E-state index in [1.54, 1.807) is 0 Å². The summed E-state index contributed by atoms with van der Waals surface area (Å²) in [6.45, 7) is 1.36. The number of rotatable bonds is 2. The average Bonchev–Trinajstić information content (AvgIpc) is 2.54. The molecule has 2 heteroatoms. The van der Waals surface area contributed by atoms with E-state index in [9.17, 15) is 5.11 Å². The minimum absolute atomic E-state index is 0.179. The molecule has 0 radical (unpaired) electrons. The molecule has 1 saturated carbocycles. The highest BCUT2D eigenvalue weighted by atomic mass is 16.5. The Morgan fingerprint density at radius 2 is 1.85 bits per heavy atom. The zero-order valence-corrected chi connectivity index (χ0v) is 8.24. The van der Waals surface area contributed by atoms with E-state index in [1.165, 1.54) is 38.5 Å². The number of hydrogen-bond donors (Lipinski definition) is 1. The van der Waals surface area contributed by atoms with Crippen molar-refractivity contribution >= 4 is 0 Å². The zero-order chi connectivity index (χ0) is 9.10. The van der Waals surface area contributed by atoms with Crippen LogP contribution in [0, 0.1) is 11.8 Å². The minimum atomic E-state index is -0.179. The van der Waals surface area contributed by atoms with Gasteiger partial charge in [-0.25, -0.2) is 0 Å². The Kier molecular flexibility index (Phi) is 3.23. The largest absolute Gasteiger partial charge is 0.390 e. The maximum Gasteiger partial charge on any atom is 0.0823 e. The molecule has 76 valence electrons. The van der Waals surface area contributed by atoms with Gasteiger partial charge in [-0.05, 0) is 12.3 Å². The van der Waals surface area contributed by atoms with Crippen LogP contribution in [0.15, 0.2) is 0 Å². The van der Waals surface area contributed by atoms with Crippen molar-refractivity contribution in [2.45, 2.75) is 44.6 Å². The molecular weight excluding hydrogens is 164 g/mol. The van der Waals surface area contributed by atoms with Crippen molar-refractivity contribution < 1.29 is 9.84 Å². The lowest BCUT2D eigenvalue weighted by atomic mass is 9.82. The van der Waals surface area contributed by atoms with Gasteiger partial charge in [0.05, 0.1) is 19.3 Å². The van der Waals surface area contributed by atoms with E-state index >= 15 is 0 Å². The van der Waals surface area contributed by atoms with Crippen molar-refractivity contribution in [2.75, 3.05) is 13.2 Å². The summed E-state index contributed by atoms with van der Waals surface area (Å²) in [5.74, 6) is 1.30. The molecule has 0 aromatic carbocycles. The number of hydrogen-bond acceptors (Lipinski definition) is 2. The first kappa shape index (κ1) is 9.47. The molecular formula is C11H20O2. The van der Waals surface area contributed by atoms with Crippen LogP contribution in [0.4, 0.5) is 0 Å². The van der Waals surface area contributed by atoms with Crippen LogP contribution >= 0.6 is 0 Å². The van der Waals surface area contributed by atoms with Gasteiger partial charge in [0.2, 0.25) is 0 Å². The molecule has 1 N–H and O–H groups in total. The molecule has 2 aliphatic rings. The standard InChI is InChI=1S/C11H20O2/c12-11-8-13-7-10(11)6-9-4-2-1-3-5-9/h9-12H,1-8H2. The van der Waals surface area contributed by atoms with Gasteiger partial charge < -0.3 is 9.84 Å². The molecule has 0 amide bonds. The predicted molar refractivity (Wildman–Crippen MR) is 51.5 cm³/mol. The van der Waals surface area contributed by atoms with Gasteiger partial charge in [0.1, 0.15) is 0 Å². The van der Waals surface area contributed by atoms with Gasteiger partial charge in [0.15, 0.2) is 0 Å². The molecule has 1 aliphatic carbocycles. The Labute approximate surface area is 80.3 Å². The van der Waals surface area contributed by atoms with Gasteiger partial charge in [-0.1, -0.05) is 32.1 Å². The number of aliphatic hydroxyl groups is 1. The maximum atomic E-state index is 9.59. The molecule has 1 aliphatic heterocycles. The summed E-state index contributed by atoms with van der Waals surface area (Å²) >= 11 is 0. The first-order valence-corrected chi connectivity index (χ1v) is 5.62. The summed E-state index contributed by atoms with van der Waals surface area (Å²) in [6.07, 6.45) is 7.98. The van der Waals surface area contributed by atoms with Crippen LogP contribution in [0.3, 0.4) is 0 Å². The summed E-state index contributed by atoms with van der Waals surface area (Å²) in [5, 5.41) is 9.59. The quantitative estimate of drug-likeness (QED) is 0.711. The Balaban J connectivity index is 1.75. The van der Waals surface area contributed by atoms with E-state index in [0.29, 0.717) is 12.5 Å². The smallest absolute Gasteiger partial charge is 0.0823 e. The molecule has 1 heterocycles. The fraction of sp³-hybridized carbons (Fsp3) is 1.00. The Bertz CT molecular complexity index is 152. The summed E-state index contributed by atoms with van der Waals surface area (Å²) in [6, 6.07) is 0. The molecule has 2 fully saturated rings. The lowest BCUT2D eigenvalue weighted by Gasteiger charge is -2.24. The lowest BCUT2D eigenvalue weighted by molar-refractivity contribution is 0.111. The topological polar surface area (TPSA) is 29.5 Å². The van der Waals surface area contributed by atoms with E-state index < -0.39 is 0 Å². The van der Waals surface area contributed by atoms with Gasteiger partial charge in [-0.15, -0.1) is 0 Å². The third kappa shape index (κ3) is 2.44. The van der Waals surface area contributed by atoms with Crippen LogP contribution in [0.25, 0.3) is 0 Å². The van der Waals surface area contributed by atoms with Crippen LogP contribution in [-0.2, 0) is 4.74 Å². The fourth-order valence-corrected chi connectivity index (χ4v) is 2.66. The first-order valence-electron chi connectivity index (χ1n) is 5.62. The molecule has 2 atom stereocenters. The Hall–Kier alpha value is -0.0800. The first-order chi connectivity index (χ1) is 6.36. The molecule has 0 bridgehead atoms. The van der Waals surface area contributed by atoms with Gasteiger partial charge >= 0.3 is 0 Å². The fourth-order valence-electron chi connectivity index (χ4n) is 2.66. The van der Waals surface area contributed by atoms with Crippen molar-refractivity contribution in [1.29, 1.82) is 0 Å². The number of ether oxygens (including phenoxy) is 1. The normalized spacial score (nSPS) is 36.7. The van der Waals surface area contributed by atoms with Gasteiger partial charge in [0, 0.05) is 5.92 Å². The van der Waals surface area contributed by atoms with Crippen molar-refractivity contribution in [1.82, 2.24) is 0 Å². The molecule has 0 aromatic rings. The Morgan fingerprint density at radius 1 is 1.08 bits per heavy atom. The van der Waals surface area contributed by atoms with Crippen LogP contribution < -0.4 is 0 Å². The van der Waals surface area contributed by atoms with Crippen LogP contribution in [-0.4, -0.2) is 24.4 Å².